The first kappa shape index (κ1) is 19.7. The summed E-state index contributed by atoms with van der Waals surface area (Å²) in [5.41, 5.74) is 6.22. The normalized spacial score (nSPS) is 16.7. The third-order valence-corrected chi connectivity index (χ3v) is 6.90. The van der Waals surface area contributed by atoms with Crippen LogP contribution in [0.25, 0.3) is 5.69 Å². The zero-order valence-electron chi connectivity index (χ0n) is 18.3. The highest BCUT2D eigenvalue weighted by Crippen LogP contribution is 2.48. The Kier molecular flexibility index (Phi) is 4.97. The fourth-order valence-electron chi connectivity index (χ4n) is 5.36. The number of hydrogen-bond donors (Lipinski definition) is 1. The van der Waals surface area contributed by atoms with E-state index in [0.29, 0.717) is 6.54 Å². The molecular formula is C26H30N4O. The lowest BCUT2D eigenvalue weighted by molar-refractivity contribution is 0.151. The average molecular weight is 415 g/mol. The SMILES string of the molecule is CCN1c2cc(C)ccc2-n2cccc2C12CCN(C(=O)NCc1ccccc1)CC2. The molecule has 31 heavy (non-hydrogen) atoms. The van der Waals surface area contributed by atoms with Gasteiger partial charge in [0.25, 0.3) is 0 Å². The molecule has 0 aliphatic carbocycles. The first-order valence-electron chi connectivity index (χ1n) is 11.3. The van der Waals surface area contributed by atoms with Crippen LogP contribution < -0.4 is 10.2 Å². The fraction of sp³-hybridized carbons (Fsp3) is 0.346. The topological polar surface area (TPSA) is 40.5 Å². The highest BCUT2D eigenvalue weighted by atomic mass is 16.2. The number of rotatable bonds is 3. The van der Waals surface area contributed by atoms with Crippen LogP contribution in [0.1, 0.15) is 36.6 Å². The quantitative estimate of drug-likeness (QED) is 0.667. The molecule has 0 atom stereocenters. The summed E-state index contributed by atoms with van der Waals surface area (Å²) in [6.45, 7) is 7.42. The van der Waals surface area contributed by atoms with E-state index in [2.05, 4.69) is 65.2 Å². The number of likely N-dealkylation sites (tertiary alicyclic amines) is 1. The maximum absolute atomic E-state index is 12.8. The summed E-state index contributed by atoms with van der Waals surface area (Å²) in [4.78, 5) is 17.4. The van der Waals surface area contributed by atoms with E-state index in [4.69, 9.17) is 0 Å². The molecule has 5 nitrogen and oxygen atoms in total. The standard InChI is InChI=1S/C26H30N4O/c1-3-30-23-18-20(2)11-12-22(23)29-15-7-10-24(29)26(30)13-16-28(17-14-26)25(31)27-19-21-8-5-4-6-9-21/h4-12,15,18H,3,13-14,16-17,19H2,1-2H3,(H,27,31). The van der Waals surface area contributed by atoms with Crippen molar-refractivity contribution in [2.75, 3.05) is 24.5 Å². The maximum Gasteiger partial charge on any atom is 0.317 e. The van der Waals surface area contributed by atoms with Crippen molar-refractivity contribution >= 4 is 11.7 Å². The number of anilines is 1. The van der Waals surface area contributed by atoms with Crippen molar-refractivity contribution in [3.8, 4) is 5.69 Å². The summed E-state index contributed by atoms with van der Waals surface area (Å²) in [5, 5.41) is 3.09. The van der Waals surface area contributed by atoms with Gasteiger partial charge in [0.05, 0.1) is 16.9 Å². The van der Waals surface area contributed by atoms with E-state index < -0.39 is 0 Å². The van der Waals surface area contributed by atoms with Gasteiger partial charge < -0.3 is 19.7 Å². The molecule has 0 saturated carbocycles. The van der Waals surface area contributed by atoms with E-state index in [-0.39, 0.29) is 11.6 Å². The van der Waals surface area contributed by atoms with Gasteiger partial charge in [0.15, 0.2) is 0 Å². The number of carbonyl (C=O) groups excluding carboxylic acids is 1. The van der Waals surface area contributed by atoms with E-state index in [9.17, 15) is 4.79 Å². The highest BCUT2D eigenvalue weighted by Gasteiger charge is 2.46. The monoisotopic (exact) mass is 414 g/mol. The van der Waals surface area contributed by atoms with Crippen molar-refractivity contribution in [1.29, 1.82) is 0 Å². The van der Waals surface area contributed by atoms with E-state index in [0.717, 1.165) is 38.0 Å². The third-order valence-electron chi connectivity index (χ3n) is 6.90. The Morgan fingerprint density at radius 2 is 1.77 bits per heavy atom. The first-order valence-corrected chi connectivity index (χ1v) is 11.3. The summed E-state index contributed by atoms with van der Waals surface area (Å²) >= 11 is 0. The molecule has 160 valence electrons. The lowest BCUT2D eigenvalue weighted by Gasteiger charge is -2.53. The molecule has 5 rings (SSSR count). The Morgan fingerprint density at radius 1 is 1.00 bits per heavy atom. The molecular weight excluding hydrogens is 384 g/mol. The number of urea groups is 1. The summed E-state index contributed by atoms with van der Waals surface area (Å²) in [7, 11) is 0. The molecule has 2 aromatic carbocycles. The van der Waals surface area contributed by atoms with E-state index in [1.807, 2.05) is 35.2 Å². The molecule has 2 aliphatic heterocycles. The Balaban J connectivity index is 1.37. The van der Waals surface area contributed by atoms with Crippen LogP contribution in [0.3, 0.4) is 0 Å². The fourth-order valence-corrected chi connectivity index (χ4v) is 5.36. The van der Waals surface area contributed by atoms with Crippen LogP contribution in [0.4, 0.5) is 10.5 Å². The molecule has 3 aromatic rings. The number of aromatic nitrogens is 1. The van der Waals surface area contributed by atoms with Crippen molar-refractivity contribution in [2.45, 2.75) is 38.8 Å². The number of aryl methyl sites for hydroxylation is 1. The minimum atomic E-state index is -0.0742. The molecule has 1 aromatic heterocycles. The number of piperidine rings is 1. The second-order valence-electron chi connectivity index (χ2n) is 8.66. The predicted octanol–water partition coefficient (Wildman–Crippen LogP) is 4.83. The van der Waals surface area contributed by atoms with Gasteiger partial charge in [0, 0.05) is 38.1 Å². The van der Waals surface area contributed by atoms with Crippen LogP contribution in [0.5, 0.6) is 0 Å². The smallest absolute Gasteiger partial charge is 0.317 e. The summed E-state index contributed by atoms with van der Waals surface area (Å²) < 4.78 is 2.35. The second-order valence-corrected chi connectivity index (χ2v) is 8.66. The van der Waals surface area contributed by atoms with Crippen LogP contribution in [0.2, 0.25) is 0 Å². The molecule has 0 bridgehead atoms. The highest BCUT2D eigenvalue weighted by molar-refractivity contribution is 5.75. The Labute approximate surface area is 184 Å². The van der Waals surface area contributed by atoms with Crippen molar-refractivity contribution in [1.82, 2.24) is 14.8 Å². The minimum absolute atomic E-state index is 0.0317. The molecule has 2 aliphatic rings. The summed E-state index contributed by atoms with van der Waals surface area (Å²) in [5.74, 6) is 0. The Bertz CT molecular complexity index is 1080. The van der Waals surface area contributed by atoms with E-state index in [1.165, 1.54) is 22.6 Å². The van der Waals surface area contributed by atoms with Gasteiger partial charge in [-0.05, 0) is 62.1 Å². The number of amides is 2. The van der Waals surface area contributed by atoms with E-state index in [1.54, 1.807) is 0 Å². The van der Waals surface area contributed by atoms with Crippen LogP contribution in [0.15, 0.2) is 66.9 Å². The van der Waals surface area contributed by atoms with Gasteiger partial charge in [-0.25, -0.2) is 4.79 Å². The molecule has 2 amide bonds. The van der Waals surface area contributed by atoms with Crippen LogP contribution in [-0.4, -0.2) is 35.1 Å². The van der Waals surface area contributed by atoms with Crippen molar-refractivity contribution in [3.63, 3.8) is 0 Å². The lowest BCUT2D eigenvalue weighted by atomic mass is 9.80. The summed E-state index contributed by atoms with van der Waals surface area (Å²) in [6.07, 6.45) is 4.03. The molecule has 1 fully saturated rings. The molecule has 1 N–H and O–H groups in total. The molecule has 1 saturated heterocycles. The number of nitrogens with one attached hydrogen (secondary N) is 1. The molecule has 0 radical (unpaired) electrons. The third kappa shape index (κ3) is 3.29. The second kappa shape index (κ2) is 7.80. The largest absolute Gasteiger partial charge is 0.359 e. The van der Waals surface area contributed by atoms with Crippen LogP contribution in [0, 0.1) is 6.92 Å². The summed E-state index contributed by atoms with van der Waals surface area (Å²) in [6, 6.07) is 21.3. The van der Waals surface area contributed by atoms with Gasteiger partial charge in [0.1, 0.15) is 0 Å². The average Bonchev–Trinajstić information content (AvgIpc) is 3.30. The zero-order chi connectivity index (χ0) is 21.4. The number of benzene rings is 2. The minimum Gasteiger partial charge on any atom is -0.359 e. The van der Waals surface area contributed by atoms with E-state index >= 15 is 0 Å². The van der Waals surface area contributed by atoms with Crippen molar-refractivity contribution in [2.24, 2.45) is 0 Å². The van der Waals surface area contributed by atoms with Crippen molar-refractivity contribution < 1.29 is 4.79 Å². The Morgan fingerprint density at radius 3 is 2.52 bits per heavy atom. The molecule has 1 spiro atoms. The number of hydrogen-bond acceptors (Lipinski definition) is 2. The van der Waals surface area contributed by atoms with Gasteiger partial charge in [0.2, 0.25) is 0 Å². The number of nitrogens with zero attached hydrogens (tertiary/aromatic N) is 3. The van der Waals surface area contributed by atoms with Gasteiger partial charge in [-0.3, -0.25) is 0 Å². The number of fused-ring (bicyclic) bond motifs is 4. The predicted molar refractivity (Wildman–Crippen MR) is 125 cm³/mol. The molecule has 3 heterocycles. The van der Waals surface area contributed by atoms with Gasteiger partial charge in [-0.15, -0.1) is 0 Å². The zero-order valence-corrected chi connectivity index (χ0v) is 18.3. The van der Waals surface area contributed by atoms with Gasteiger partial charge >= 0.3 is 6.03 Å². The van der Waals surface area contributed by atoms with Gasteiger partial charge in [-0.2, -0.15) is 0 Å². The van der Waals surface area contributed by atoms with Crippen LogP contribution >= 0.6 is 0 Å². The Hall–Kier alpha value is -3.21. The maximum atomic E-state index is 12.8. The van der Waals surface area contributed by atoms with Crippen LogP contribution in [-0.2, 0) is 12.1 Å². The molecule has 0 unspecified atom stereocenters. The lowest BCUT2D eigenvalue weighted by Crippen LogP contribution is -2.57. The van der Waals surface area contributed by atoms with Gasteiger partial charge in [-0.1, -0.05) is 36.4 Å². The first-order chi connectivity index (χ1) is 15.1. The molecule has 5 heteroatoms. The number of carbonyl (C=O) groups is 1. The van der Waals surface area contributed by atoms with Crippen molar-refractivity contribution in [3.05, 3.63) is 83.7 Å².